The third-order valence-electron chi connectivity index (χ3n) is 4.57. The first-order valence-electron chi connectivity index (χ1n) is 10.4. The van der Waals surface area contributed by atoms with Crippen molar-refractivity contribution in [3.05, 3.63) is 24.3 Å². The van der Waals surface area contributed by atoms with Crippen LogP contribution in [0.4, 0.5) is 0 Å². The van der Waals surface area contributed by atoms with Crippen molar-refractivity contribution in [1.29, 1.82) is 0 Å². The van der Waals surface area contributed by atoms with E-state index >= 15 is 0 Å². The van der Waals surface area contributed by atoms with Gasteiger partial charge in [-0.25, -0.2) is 0 Å². The molecular weight excluding hydrogens is 278 g/mol. The predicted octanol–water partition coefficient (Wildman–Crippen LogP) is 7.14. The zero-order valence-corrected chi connectivity index (χ0v) is 16.4. The molecule has 0 saturated heterocycles. The zero-order chi connectivity index (χ0) is 17.0. The molecule has 0 radical (unpaired) electrons. The lowest BCUT2D eigenvalue weighted by molar-refractivity contribution is 0.295. The van der Waals surface area contributed by atoms with Gasteiger partial charge in [-0.3, -0.25) is 0 Å². The van der Waals surface area contributed by atoms with E-state index in [1.807, 2.05) is 0 Å². The smallest absolute Gasteiger partial charge is 0.00190 e. The molecule has 0 atom stereocenters. The van der Waals surface area contributed by atoms with E-state index in [0.717, 1.165) is 6.42 Å². The van der Waals surface area contributed by atoms with Crippen LogP contribution in [0, 0.1) is 0 Å². The van der Waals surface area contributed by atoms with E-state index in [4.69, 9.17) is 0 Å². The number of allylic oxidation sites excluding steroid dienone is 4. The van der Waals surface area contributed by atoms with Gasteiger partial charge in [0.15, 0.2) is 0 Å². The van der Waals surface area contributed by atoms with Gasteiger partial charge in [0.25, 0.3) is 0 Å². The molecule has 0 aromatic heterocycles. The maximum Gasteiger partial charge on any atom is -0.00190 e. The van der Waals surface area contributed by atoms with Crippen LogP contribution in [0.15, 0.2) is 24.3 Å². The Balaban J connectivity index is 3.22. The molecule has 0 aromatic carbocycles. The Morgan fingerprint density at radius 3 is 1.65 bits per heavy atom. The minimum absolute atomic E-state index is 1.12. The van der Waals surface area contributed by atoms with Crippen LogP contribution in [0.3, 0.4) is 0 Å². The lowest BCUT2D eigenvalue weighted by Crippen LogP contribution is -2.23. The van der Waals surface area contributed by atoms with E-state index in [0.29, 0.717) is 0 Å². The summed E-state index contributed by atoms with van der Waals surface area (Å²) in [5.41, 5.74) is 0. The lowest BCUT2D eigenvalue weighted by Gasteiger charge is -2.17. The molecule has 1 nitrogen and oxygen atoms in total. The summed E-state index contributed by atoms with van der Waals surface area (Å²) < 4.78 is 0. The summed E-state index contributed by atoms with van der Waals surface area (Å²) in [5.74, 6) is 0. The van der Waals surface area contributed by atoms with Crippen LogP contribution in [-0.4, -0.2) is 24.5 Å². The van der Waals surface area contributed by atoms with Gasteiger partial charge >= 0.3 is 0 Å². The first kappa shape index (κ1) is 22.4. The minimum atomic E-state index is 1.12. The Bertz CT molecular complexity index is 263. The Hall–Kier alpha value is -0.560. The highest BCUT2D eigenvalue weighted by Gasteiger charge is 1.97. The molecule has 0 aliphatic carbocycles. The molecule has 1 heteroatoms. The van der Waals surface area contributed by atoms with Crippen molar-refractivity contribution in [2.75, 3.05) is 19.6 Å². The van der Waals surface area contributed by atoms with Gasteiger partial charge in [0.05, 0.1) is 0 Å². The summed E-state index contributed by atoms with van der Waals surface area (Å²) in [6.07, 6.45) is 25.5. The second-order valence-electron chi connectivity index (χ2n) is 6.61. The first-order valence-corrected chi connectivity index (χ1v) is 10.4. The number of rotatable bonds is 17. The lowest BCUT2D eigenvalue weighted by atomic mass is 10.1. The van der Waals surface area contributed by atoms with Crippen LogP contribution >= 0.6 is 0 Å². The largest absolute Gasteiger partial charge is 0.304 e. The van der Waals surface area contributed by atoms with E-state index in [2.05, 4.69) is 50.0 Å². The maximum atomic E-state index is 2.53. The molecule has 0 amide bonds. The molecule has 136 valence electrons. The SMILES string of the molecule is CCCCCC=CCC=CCCCCCCCCN(CC)CC. The average Bonchev–Trinajstić information content (AvgIpc) is 2.58. The highest BCUT2D eigenvalue weighted by molar-refractivity contribution is 4.92. The van der Waals surface area contributed by atoms with Crippen molar-refractivity contribution in [1.82, 2.24) is 4.90 Å². The van der Waals surface area contributed by atoms with Crippen molar-refractivity contribution in [2.24, 2.45) is 0 Å². The Morgan fingerprint density at radius 2 is 1.09 bits per heavy atom. The number of nitrogens with zero attached hydrogens (tertiary/aromatic N) is 1. The minimum Gasteiger partial charge on any atom is -0.304 e. The van der Waals surface area contributed by atoms with E-state index in [9.17, 15) is 0 Å². The molecule has 0 fully saturated rings. The van der Waals surface area contributed by atoms with Crippen LogP contribution in [-0.2, 0) is 0 Å². The van der Waals surface area contributed by atoms with Crippen molar-refractivity contribution < 1.29 is 0 Å². The average molecular weight is 322 g/mol. The van der Waals surface area contributed by atoms with Crippen LogP contribution in [0.5, 0.6) is 0 Å². The third kappa shape index (κ3) is 17.6. The van der Waals surface area contributed by atoms with E-state index < -0.39 is 0 Å². The molecule has 0 N–H and O–H groups in total. The summed E-state index contributed by atoms with van der Waals surface area (Å²) >= 11 is 0. The monoisotopic (exact) mass is 321 g/mol. The van der Waals surface area contributed by atoms with Crippen molar-refractivity contribution >= 4 is 0 Å². The molecule has 0 aliphatic rings. The Kier molecular flexibility index (Phi) is 19.0. The highest BCUT2D eigenvalue weighted by Crippen LogP contribution is 2.08. The molecule has 0 unspecified atom stereocenters. The van der Waals surface area contributed by atoms with Crippen molar-refractivity contribution in [3.8, 4) is 0 Å². The molecular formula is C22H43N. The van der Waals surface area contributed by atoms with Gasteiger partial charge in [0, 0.05) is 0 Å². The summed E-state index contributed by atoms with van der Waals surface area (Å²) in [7, 11) is 0. The predicted molar refractivity (Wildman–Crippen MR) is 107 cm³/mol. The number of hydrogen-bond donors (Lipinski definition) is 0. The standard InChI is InChI=1S/C22H43N/c1-4-7-8-9-10-11-12-13-14-15-16-17-18-19-20-21-22-23(5-2)6-3/h10-11,13-14H,4-9,12,15-22H2,1-3H3. The van der Waals surface area contributed by atoms with Crippen molar-refractivity contribution in [3.63, 3.8) is 0 Å². The van der Waals surface area contributed by atoms with Gasteiger partial charge in [-0.15, -0.1) is 0 Å². The van der Waals surface area contributed by atoms with Gasteiger partial charge in [0.1, 0.15) is 0 Å². The summed E-state index contributed by atoms with van der Waals surface area (Å²) in [4.78, 5) is 2.53. The van der Waals surface area contributed by atoms with Gasteiger partial charge in [0.2, 0.25) is 0 Å². The number of hydrogen-bond acceptors (Lipinski definition) is 1. The summed E-state index contributed by atoms with van der Waals surface area (Å²) in [6, 6.07) is 0. The van der Waals surface area contributed by atoms with Gasteiger partial charge in [-0.05, 0) is 58.2 Å². The summed E-state index contributed by atoms with van der Waals surface area (Å²) in [6.45, 7) is 10.5. The summed E-state index contributed by atoms with van der Waals surface area (Å²) in [5, 5.41) is 0. The first-order chi connectivity index (χ1) is 11.3. The highest BCUT2D eigenvalue weighted by atomic mass is 15.1. The van der Waals surface area contributed by atoms with Crippen molar-refractivity contribution in [2.45, 2.75) is 97.8 Å². The van der Waals surface area contributed by atoms with Crippen LogP contribution in [0.2, 0.25) is 0 Å². The van der Waals surface area contributed by atoms with Gasteiger partial charge < -0.3 is 4.90 Å². The van der Waals surface area contributed by atoms with E-state index in [1.165, 1.54) is 90.3 Å². The fraction of sp³-hybridized carbons (Fsp3) is 0.818. The molecule has 0 aliphatic heterocycles. The maximum absolute atomic E-state index is 2.53. The molecule has 23 heavy (non-hydrogen) atoms. The van der Waals surface area contributed by atoms with Crippen LogP contribution < -0.4 is 0 Å². The molecule has 0 spiro atoms. The normalized spacial score (nSPS) is 12.2. The second kappa shape index (κ2) is 19.5. The molecule has 0 aromatic rings. The molecule has 0 bridgehead atoms. The molecule has 0 heterocycles. The van der Waals surface area contributed by atoms with E-state index in [1.54, 1.807) is 0 Å². The van der Waals surface area contributed by atoms with Crippen LogP contribution in [0.1, 0.15) is 97.8 Å². The zero-order valence-electron chi connectivity index (χ0n) is 16.4. The Labute approximate surface area is 147 Å². The van der Waals surface area contributed by atoms with Gasteiger partial charge in [-0.2, -0.15) is 0 Å². The van der Waals surface area contributed by atoms with Gasteiger partial charge in [-0.1, -0.05) is 83.6 Å². The number of unbranched alkanes of at least 4 members (excludes halogenated alkanes) is 9. The fourth-order valence-corrected chi connectivity index (χ4v) is 2.86. The second-order valence-corrected chi connectivity index (χ2v) is 6.61. The topological polar surface area (TPSA) is 3.24 Å². The van der Waals surface area contributed by atoms with Crippen LogP contribution in [0.25, 0.3) is 0 Å². The molecule has 0 saturated carbocycles. The Morgan fingerprint density at radius 1 is 0.565 bits per heavy atom. The fourth-order valence-electron chi connectivity index (χ4n) is 2.86. The quantitative estimate of drug-likeness (QED) is 0.203. The third-order valence-corrected chi connectivity index (χ3v) is 4.57. The van der Waals surface area contributed by atoms with E-state index in [-0.39, 0.29) is 0 Å². The molecule has 0 rings (SSSR count).